The van der Waals surface area contributed by atoms with E-state index in [1.54, 1.807) is 28.8 Å². The van der Waals surface area contributed by atoms with Gasteiger partial charge in [-0.1, -0.05) is 6.07 Å². The standard InChI is InChI=1S/C16H13N5O5/c1-26-13-6-5-10(8-12(13)21(24)25)18-19-16-11(9-15(22)23)17-14-4-2-3-7-20(14)16/h2-8H,9H2,1H3,(H,22,23). The third-order valence-electron chi connectivity index (χ3n) is 3.51. The Morgan fingerprint density at radius 2 is 2.15 bits per heavy atom. The zero-order valence-electron chi connectivity index (χ0n) is 13.6. The fraction of sp³-hybridized carbons (Fsp3) is 0.125. The molecule has 10 heteroatoms. The largest absolute Gasteiger partial charge is 0.490 e. The molecule has 1 N–H and O–H groups in total. The fourth-order valence-corrected chi connectivity index (χ4v) is 2.39. The van der Waals surface area contributed by atoms with E-state index in [9.17, 15) is 14.9 Å². The van der Waals surface area contributed by atoms with Gasteiger partial charge in [0, 0.05) is 12.3 Å². The number of carboxylic acids is 1. The highest BCUT2D eigenvalue weighted by atomic mass is 16.6. The van der Waals surface area contributed by atoms with Crippen LogP contribution >= 0.6 is 0 Å². The molecule has 0 saturated carbocycles. The van der Waals surface area contributed by atoms with Crippen molar-refractivity contribution >= 4 is 28.8 Å². The summed E-state index contributed by atoms with van der Waals surface area (Å²) in [5.41, 5.74) is 0.756. The SMILES string of the molecule is COc1ccc(N=Nc2c(CC(=O)O)nc3ccccn23)cc1[N+](=O)[O-]. The first-order valence-electron chi connectivity index (χ1n) is 7.41. The number of carbonyl (C=O) groups is 1. The first kappa shape index (κ1) is 17.0. The first-order valence-corrected chi connectivity index (χ1v) is 7.41. The lowest BCUT2D eigenvalue weighted by molar-refractivity contribution is -0.385. The van der Waals surface area contributed by atoms with Crippen LogP contribution in [0, 0.1) is 10.1 Å². The van der Waals surface area contributed by atoms with Gasteiger partial charge in [-0.25, -0.2) is 4.98 Å². The summed E-state index contributed by atoms with van der Waals surface area (Å²) in [6.07, 6.45) is 1.36. The maximum atomic E-state index is 11.1. The quantitative estimate of drug-likeness (QED) is 0.410. The van der Waals surface area contributed by atoms with Crippen LogP contribution in [0.2, 0.25) is 0 Å². The molecule has 0 atom stereocenters. The Kier molecular flexibility index (Phi) is 4.56. The van der Waals surface area contributed by atoms with Crippen LogP contribution in [0.3, 0.4) is 0 Å². The second-order valence-electron chi connectivity index (χ2n) is 5.19. The predicted molar refractivity (Wildman–Crippen MR) is 90.4 cm³/mol. The van der Waals surface area contributed by atoms with Gasteiger partial charge in [0.25, 0.3) is 0 Å². The van der Waals surface area contributed by atoms with Crippen molar-refractivity contribution in [2.75, 3.05) is 7.11 Å². The molecular weight excluding hydrogens is 342 g/mol. The van der Waals surface area contributed by atoms with E-state index < -0.39 is 10.9 Å². The van der Waals surface area contributed by atoms with Gasteiger partial charge in [-0.3, -0.25) is 19.3 Å². The number of imidazole rings is 1. The summed E-state index contributed by atoms with van der Waals surface area (Å²) in [6, 6.07) is 9.37. The Balaban J connectivity index is 2.04. The number of nitrogens with zero attached hydrogens (tertiary/aromatic N) is 5. The molecule has 26 heavy (non-hydrogen) atoms. The first-order chi connectivity index (χ1) is 12.5. The number of aliphatic carboxylic acids is 1. The number of aromatic nitrogens is 2. The molecule has 0 radical (unpaired) electrons. The van der Waals surface area contributed by atoms with Crippen LogP contribution in [0.5, 0.6) is 5.75 Å². The second-order valence-corrected chi connectivity index (χ2v) is 5.19. The summed E-state index contributed by atoms with van der Waals surface area (Å²) >= 11 is 0. The number of nitro benzene ring substituents is 1. The molecule has 0 fully saturated rings. The van der Waals surface area contributed by atoms with Crippen molar-refractivity contribution in [3.8, 4) is 5.75 Å². The van der Waals surface area contributed by atoms with Crippen molar-refractivity contribution in [2.24, 2.45) is 10.2 Å². The molecule has 3 rings (SSSR count). The van der Waals surface area contributed by atoms with Gasteiger partial charge in [0.1, 0.15) is 5.65 Å². The molecule has 0 unspecified atom stereocenters. The zero-order valence-corrected chi connectivity index (χ0v) is 13.6. The van der Waals surface area contributed by atoms with Crippen LogP contribution in [0.1, 0.15) is 5.69 Å². The van der Waals surface area contributed by atoms with Crippen molar-refractivity contribution in [1.82, 2.24) is 9.38 Å². The minimum absolute atomic E-state index is 0.107. The minimum atomic E-state index is -1.05. The minimum Gasteiger partial charge on any atom is -0.490 e. The van der Waals surface area contributed by atoms with Gasteiger partial charge in [0.2, 0.25) is 0 Å². The topological polar surface area (TPSA) is 132 Å². The number of methoxy groups -OCH3 is 1. The number of hydrogen-bond acceptors (Lipinski definition) is 7. The van der Waals surface area contributed by atoms with Gasteiger partial charge in [-0.2, -0.15) is 0 Å². The average Bonchev–Trinajstić information content (AvgIpc) is 2.96. The summed E-state index contributed by atoms with van der Waals surface area (Å²) < 4.78 is 6.54. The number of rotatable bonds is 6. The van der Waals surface area contributed by atoms with Crippen molar-refractivity contribution in [2.45, 2.75) is 6.42 Å². The third kappa shape index (κ3) is 3.34. The molecule has 0 aliphatic rings. The van der Waals surface area contributed by atoms with E-state index in [2.05, 4.69) is 15.2 Å². The Bertz CT molecular complexity index is 1030. The van der Waals surface area contributed by atoms with E-state index in [4.69, 9.17) is 9.84 Å². The van der Waals surface area contributed by atoms with Crippen LogP contribution in [0.15, 0.2) is 52.8 Å². The molecule has 0 amide bonds. The Labute approximate surface area is 146 Å². The van der Waals surface area contributed by atoms with Gasteiger partial charge in [-0.15, -0.1) is 10.2 Å². The van der Waals surface area contributed by atoms with Crippen LogP contribution in [-0.2, 0) is 11.2 Å². The van der Waals surface area contributed by atoms with Crippen LogP contribution in [0.4, 0.5) is 17.2 Å². The van der Waals surface area contributed by atoms with Crippen molar-refractivity contribution in [3.05, 3.63) is 58.4 Å². The lowest BCUT2D eigenvalue weighted by Crippen LogP contribution is -2.00. The van der Waals surface area contributed by atoms with E-state index in [0.29, 0.717) is 5.65 Å². The molecule has 2 aromatic heterocycles. The van der Waals surface area contributed by atoms with Gasteiger partial charge in [-0.05, 0) is 24.3 Å². The zero-order chi connectivity index (χ0) is 18.7. The van der Waals surface area contributed by atoms with E-state index in [1.165, 1.54) is 25.3 Å². The van der Waals surface area contributed by atoms with Gasteiger partial charge < -0.3 is 9.84 Å². The summed E-state index contributed by atoms with van der Waals surface area (Å²) in [5, 5.41) is 28.2. The molecular formula is C16H13N5O5. The van der Waals surface area contributed by atoms with Gasteiger partial charge in [0.15, 0.2) is 11.6 Å². The smallest absolute Gasteiger partial charge is 0.313 e. The van der Waals surface area contributed by atoms with Crippen molar-refractivity contribution < 1.29 is 19.6 Å². The lowest BCUT2D eigenvalue weighted by atomic mass is 10.2. The predicted octanol–water partition coefficient (Wildman–Crippen LogP) is 3.29. The number of ether oxygens (including phenoxy) is 1. The summed E-state index contributed by atoms with van der Waals surface area (Å²) in [4.78, 5) is 25.8. The van der Waals surface area contributed by atoms with E-state index in [-0.39, 0.29) is 35.1 Å². The van der Waals surface area contributed by atoms with E-state index in [1.807, 2.05) is 0 Å². The molecule has 0 saturated heterocycles. The average molecular weight is 355 g/mol. The summed E-state index contributed by atoms with van der Waals surface area (Å²) in [6.45, 7) is 0. The lowest BCUT2D eigenvalue weighted by Gasteiger charge is -2.01. The molecule has 3 aromatic rings. The number of hydrogen-bond donors (Lipinski definition) is 1. The molecule has 2 heterocycles. The van der Waals surface area contributed by atoms with Gasteiger partial charge in [0.05, 0.1) is 29.8 Å². The number of benzene rings is 1. The molecule has 132 valence electrons. The Hall–Kier alpha value is -3.82. The number of carboxylic acid groups (broad SMARTS) is 1. The summed E-state index contributed by atoms with van der Waals surface area (Å²) in [5.74, 6) is -0.693. The maximum Gasteiger partial charge on any atom is 0.313 e. The molecule has 1 aromatic carbocycles. The number of fused-ring (bicyclic) bond motifs is 1. The normalized spacial score (nSPS) is 11.1. The second kappa shape index (κ2) is 6.97. The third-order valence-corrected chi connectivity index (χ3v) is 3.51. The highest BCUT2D eigenvalue weighted by Gasteiger charge is 2.17. The van der Waals surface area contributed by atoms with E-state index >= 15 is 0 Å². The number of nitro groups is 1. The fourth-order valence-electron chi connectivity index (χ4n) is 2.39. The highest BCUT2D eigenvalue weighted by Crippen LogP contribution is 2.32. The monoisotopic (exact) mass is 355 g/mol. The van der Waals surface area contributed by atoms with E-state index in [0.717, 1.165) is 0 Å². The molecule has 0 bridgehead atoms. The highest BCUT2D eigenvalue weighted by molar-refractivity contribution is 5.72. The number of azo groups is 1. The number of pyridine rings is 1. The van der Waals surface area contributed by atoms with Gasteiger partial charge >= 0.3 is 11.7 Å². The maximum absolute atomic E-state index is 11.1. The Morgan fingerprint density at radius 1 is 1.35 bits per heavy atom. The van der Waals surface area contributed by atoms with Crippen LogP contribution < -0.4 is 4.74 Å². The van der Waals surface area contributed by atoms with Crippen molar-refractivity contribution in [1.29, 1.82) is 0 Å². The summed E-state index contributed by atoms with van der Waals surface area (Å²) in [7, 11) is 1.33. The molecule has 10 nitrogen and oxygen atoms in total. The Morgan fingerprint density at radius 3 is 2.85 bits per heavy atom. The van der Waals surface area contributed by atoms with Crippen LogP contribution in [0.25, 0.3) is 5.65 Å². The molecule has 0 spiro atoms. The van der Waals surface area contributed by atoms with Crippen LogP contribution in [-0.4, -0.2) is 32.5 Å². The molecule has 0 aliphatic carbocycles. The molecule has 0 aliphatic heterocycles. The van der Waals surface area contributed by atoms with Crippen molar-refractivity contribution in [3.63, 3.8) is 0 Å².